The molecular formula is C17H15BrN2O4. The molecule has 7 heteroatoms. The number of halogens is 1. The van der Waals surface area contributed by atoms with Crippen LogP contribution in [0.15, 0.2) is 34.8 Å². The van der Waals surface area contributed by atoms with Gasteiger partial charge in [-0.25, -0.2) is 9.78 Å². The highest BCUT2D eigenvalue weighted by Crippen LogP contribution is 2.38. The number of aromatic hydroxyl groups is 1. The third-order valence-electron chi connectivity index (χ3n) is 3.50. The minimum Gasteiger partial charge on any atom is -0.503 e. The van der Waals surface area contributed by atoms with Crippen LogP contribution in [0, 0.1) is 0 Å². The number of aromatic amines is 1. The summed E-state index contributed by atoms with van der Waals surface area (Å²) >= 11 is 3.32. The molecule has 0 aliphatic heterocycles. The van der Waals surface area contributed by atoms with E-state index in [9.17, 15) is 9.90 Å². The largest absolute Gasteiger partial charge is 0.503 e. The number of methoxy groups -OCH3 is 1. The number of nitrogens with zero attached hydrogens (tertiary/aromatic N) is 1. The number of rotatable bonds is 4. The van der Waals surface area contributed by atoms with E-state index in [1.807, 2.05) is 6.92 Å². The van der Waals surface area contributed by atoms with E-state index < -0.39 is 5.97 Å². The van der Waals surface area contributed by atoms with Gasteiger partial charge in [-0.1, -0.05) is 0 Å². The van der Waals surface area contributed by atoms with E-state index in [1.165, 1.54) is 7.11 Å². The molecule has 2 N–H and O–H groups in total. The lowest BCUT2D eigenvalue weighted by molar-refractivity contribution is 0.0601. The predicted molar refractivity (Wildman–Crippen MR) is 93.4 cm³/mol. The zero-order valence-corrected chi connectivity index (χ0v) is 14.7. The Morgan fingerprint density at radius 3 is 2.83 bits per heavy atom. The van der Waals surface area contributed by atoms with Gasteiger partial charge in [-0.05, 0) is 53.2 Å². The minimum absolute atomic E-state index is 0.0460. The summed E-state index contributed by atoms with van der Waals surface area (Å²) in [4.78, 5) is 19.3. The molecule has 24 heavy (non-hydrogen) atoms. The van der Waals surface area contributed by atoms with E-state index >= 15 is 0 Å². The van der Waals surface area contributed by atoms with E-state index in [2.05, 4.69) is 25.9 Å². The number of esters is 1. The topological polar surface area (TPSA) is 84.4 Å². The summed E-state index contributed by atoms with van der Waals surface area (Å²) in [5.74, 6) is 0.620. The molecule has 0 aliphatic rings. The van der Waals surface area contributed by atoms with E-state index in [0.717, 1.165) is 16.6 Å². The molecule has 0 spiro atoms. The molecular weight excluding hydrogens is 376 g/mol. The maximum atomic E-state index is 11.6. The Hall–Kier alpha value is -2.54. The Bertz CT molecular complexity index is 920. The second-order valence-corrected chi connectivity index (χ2v) is 5.90. The predicted octanol–water partition coefficient (Wildman–Crippen LogP) is 3.88. The van der Waals surface area contributed by atoms with Gasteiger partial charge in [0, 0.05) is 5.56 Å². The highest BCUT2D eigenvalue weighted by molar-refractivity contribution is 9.10. The zero-order valence-electron chi connectivity index (χ0n) is 13.1. The van der Waals surface area contributed by atoms with Gasteiger partial charge in [-0.2, -0.15) is 0 Å². The van der Waals surface area contributed by atoms with Gasteiger partial charge in [0.2, 0.25) is 0 Å². The van der Waals surface area contributed by atoms with E-state index in [0.29, 0.717) is 28.2 Å². The third kappa shape index (κ3) is 2.94. The second kappa shape index (κ2) is 6.52. The van der Waals surface area contributed by atoms with Crippen LogP contribution in [0.25, 0.3) is 22.4 Å². The van der Waals surface area contributed by atoms with E-state index in [-0.39, 0.29) is 5.75 Å². The Balaban J connectivity index is 2.08. The van der Waals surface area contributed by atoms with Crippen LogP contribution in [0.2, 0.25) is 0 Å². The monoisotopic (exact) mass is 390 g/mol. The van der Waals surface area contributed by atoms with Crippen molar-refractivity contribution in [2.75, 3.05) is 13.7 Å². The number of carbonyl (C=O) groups is 1. The summed E-state index contributed by atoms with van der Waals surface area (Å²) in [6.07, 6.45) is 0. The number of fused-ring (bicyclic) bond motifs is 1. The van der Waals surface area contributed by atoms with Gasteiger partial charge in [0.05, 0.1) is 34.8 Å². The number of hydrogen-bond donors (Lipinski definition) is 2. The van der Waals surface area contributed by atoms with Crippen LogP contribution < -0.4 is 4.74 Å². The molecule has 0 radical (unpaired) electrons. The average molecular weight is 391 g/mol. The summed E-state index contributed by atoms with van der Waals surface area (Å²) in [5, 5.41) is 10.0. The number of phenolic OH excluding ortho intramolecular Hbond substituents is 1. The molecule has 124 valence electrons. The first-order valence-corrected chi connectivity index (χ1v) is 8.06. The number of nitrogens with one attached hydrogen (secondary N) is 1. The van der Waals surface area contributed by atoms with Crippen molar-refractivity contribution >= 4 is 32.9 Å². The fraction of sp³-hybridized carbons (Fsp3) is 0.176. The lowest BCUT2D eigenvalue weighted by Crippen LogP contribution is -2.00. The van der Waals surface area contributed by atoms with Crippen LogP contribution in [0.3, 0.4) is 0 Å². The van der Waals surface area contributed by atoms with Crippen molar-refractivity contribution in [1.82, 2.24) is 9.97 Å². The lowest BCUT2D eigenvalue weighted by atomic mass is 10.2. The Morgan fingerprint density at radius 1 is 1.33 bits per heavy atom. The van der Waals surface area contributed by atoms with Crippen molar-refractivity contribution in [1.29, 1.82) is 0 Å². The van der Waals surface area contributed by atoms with Crippen molar-refractivity contribution in [3.63, 3.8) is 0 Å². The number of hydrogen-bond acceptors (Lipinski definition) is 5. The number of phenols is 1. The van der Waals surface area contributed by atoms with Gasteiger partial charge < -0.3 is 19.6 Å². The fourth-order valence-corrected chi connectivity index (χ4v) is 2.81. The highest BCUT2D eigenvalue weighted by atomic mass is 79.9. The number of benzene rings is 2. The van der Waals surface area contributed by atoms with Crippen LogP contribution >= 0.6 is 15.9 Å². The number of ether oxygens (including phenoxy) is 2. The van der Waals surface area contributed by atoms with Gasteiger partial charge in [-0.15, -0.1) is 0 Å². The molecule has 2 aromatic carbocycles. The molecule has 0 aliphatic carbocycles. The Kier molecular flexibility index (Phi) is 4.44. The number of aromatic nitrogens is 2. The van der Waals surface area contributed by atoms with Gasteiger partial charge in [0.25, 0.3) is 0 Å². The second-order valence-electron chi connectivity index (χ2n) is 5.05. The first kappa shape index (κ1) is 16.3. The summed E-state index contributed by atoms with van der Waals surface area (Å²) in [7, 11) is 1.34. The zero-order chi connectivity index (χ0) is 17.3. The summed E-state index contributed by atoms with van der Waals surface area (Å²) in [5.41, 5.74) is 2.64. The molecule has 0 saturated carbocycles. The SMILES string of the molecule is CCOc1cc(-c2nc3ccc(C(=O)OC)cc3[nH]2)cc(Br)c1O. The molecule has 0 fully saturated rings. The molecule has 0 unspecified atom stereocenters. The van der Waals surface area contributed by atoms with Crippen LogP contribution in [0.1, 0.15) is 17.3 Å². The molecule has 3 rings (SSSR count). The van der Waals surface area contributed by atoms with Crippen LogP contribution in [-0.2, 0) is 4.74 Å². The number of H-pyrrole nitrogens is 1. The molecule has 0 saturated heterocycles. The molecule has 0 amide bonds. The molecule has 0 bridgehead atoms. The van der Waals surface area contributed by atoms with Gasteiger partial charge in [-0.3, -0.25) is 0 Å². The fourth-order valence-electron chi connectivity index (χ4n) is 2.37. The quantitative estimate of drug-likeness (QED) is 0.660. The van der Waals surface area contributed by atoms with Crippen molar-refractivity contribution in [3.8, 4) is 22.9 Å². The molecule has 0 atom stereocenters. The normalized spacial score (nSPS) is 10.8. The first-order chi connectivity index (χ1) is 11.5. The van der Waals surface area contributed by atoms with Crippen molar-refractivity contribution in [3.05, 3.63) is 40.4 Å². The number of carbonyl (C=O) groups excluding carboxylic acids is 1. The molecule has 1 aromatic heterocycles. The number of imidazole rings is 1. The maximum absolute atomic E-state index is 11.6. The van der Waals surface area contributed by atoms with Crippen LogP contribution in [0.4, 0.5) is 0 Å². The van der Waals surface area contributed by atoms with Crippen molar-refractivity contribution < 1.29 is 19.4 Å². The molecule has 6 nitrogen and oxygen atoms in total. The van der Waals surface area contributed by atoms with E-state index in [4.69, 9.17) is 9.47 Å². The molecule has 1 heterocycles. The summed E-state index contributed by atoms with van der Waals surface area (Å²) < 4.78 is 10.7. The van der Waals surface area contributed by atoms with Gasteiger partial charge >= 0.3 is 5.97 Å². The highest BCUT2D eigenvalue weighted by Gasteiger charge is 2.14. The van der Waals surface area contributed by atoms with Crippen molar-refractivity contribution in [2.24, 2.45) is 0 Å². The minimum atomic E-state index is -0.404. The lowest BCUT2D eigenvalue weighted by Gasteiger charge is -2.09. The third-order valence-corrected chi connectivity index (χ3v) is 4.11. The summed E-state index contributed by atoms with van der Waals surface area (Å²) in [6.45, 7) is 2.28. The van der Waals surface area contributed by atoms with Crippen LogP contribution in [0.5, 0.6) is 11.5 Å². The summed E-state index contributed by atoms with van der Waals surface area (Å²) in [6, 6.07) is 8.56. The average Bonchev–Trinajstić information content (AvgIpc) is 3.01. The van der Waals surface area contributed by atoms with E-state index in [1.54, 1.807) is 30.3 Å². The van der Waals surface area contributed by atoms with Gasteiger partial charge in [0.1, 0.15) is 5.82 Å². The first-order valence-electron chi connectivity index (χ1n) is 7.27. The standard InChI is InChI=1S/C17H15BrN2O4/c1-3-24-14-8-10(6-11(18)15(14)21)16-19-12-5-4-9(17(22)23-2)7-13(12)20-16/h4-8,21H,3H2,1-2H3,(H,19,20). The Morgan fingerprint density at radius 2 is 2.12 bits per heavy atom. The Labute approximate surface area is 146 Å². The smallest absolute Gasteiger partial charge is 0.337 e. The van der Waals surface area contributed by atoms with Crippen LogP contribution in [-0.4, -0.2) is 34.8 Å². The molecule has 3 aromatic rings. The van der Waals surface area contributed by atoms with Gasteiger partial charge in [0.15, 0.2) is 11.5 Å². The van der Waals surface area contributed by atoms with Crippen molar-refractivity contribution in [2.45, 2.75) is 6.92 Å². The maximum Gasteiger partial charge on any atom is 0.337 e.